The van der Waals surface area contributed by atoms with Crippen molar-refractivity contribution in [2.45, 2.75) is 19.3 Å². The van der Waals surface area contributed by atoms with Gasteiger partial charge in [0, 0.05) is 18.8 Å². The van der Waals surface area contributed by atoms with Gasteiger partial charge in [0.2, 0.25) is 0 Å². The Hall–Kier alpha value is -0.440. The Labute approximate surface area is 122 Å². The molecule has 1 fully saturated rings. The van der Waals surface area contributed by atoms with Gasteiger partial charge in [0.15, 0.2) is 0 Å². The molecule has 0 aromatic heterocycles. The minimum absolute atomic E-state index is 0. The number of rotatable bonds is 2. The van der Waals surface area contributed by atoms with Gasteiger partial charge in [-0.05, 0) is 49.9 Å². The maximum Gasteiger partial charge on any atom is 0.0398 e. The van der Waals surface area contributed by atoms with Crippen LogP contribution in [0.15, 0.2) is 24.3 Å². The van der Waals surface area contributed by atoms with Gasteiger partial charge in [0.05, 0.1) is 0 Å². The zero-order valence-electron chi connectivity index (χ0n) is 10.6. The number of fused-ring (bicyclic) bond motifs is 1. The van der Waals surface area contributed by atoms with E-state index in [9.17, 15) is 0 Å². The van der Waals surface area contributed by atoms with Crippen LogP contribution in [0.2, 0.25) is 0 Å². The molecule has 102 valence electrons. The lowest BCUT2D eigenvalue weighted by Gasteiger charge is -2.33. The highest BCUT2D eigenvalue weighted by atomic mass is 35.5. The lowest BCUT2D eigenvalue weighted by molar-refractivity contribution is 0.544. The highest BCUT2D eigenvalue weighted by Crippen LogP contribution is 2.27. The van der Waals surface area contributed by atoms with E-state index in [-0.39, 0.29) is 24.8 Å². The number of hydrogen-bond acceptors (Lipinski definition) is 2. The number of benzene rings is 1. The van der Waals surface area contributed by atoms with Gasteiger partial charge in [-0.1, -0.05) is 18.2 Å². The van der Waals surface area contributed by atoms with Crippen molar-refractivity contribution in [2.75, 3.05) is 31.1 Å². The molecule has 2 aliphatic heterocycles. The Bertz CT molecular complexity index is 365. The number of halogens is 2. The van der Waals surface area contributed by atoms with E-state index in [1.165, 1.54) is 51.1 Å². The molecular formula is C14H22Cl2N2. The summed E-state index contributed by atoms with van der Waals surface area (Å²) in [5.74, 6) is 0.853. The fraction of sp³-hybridized carbons (Fsp3) is 0.571. The lowest BCUT2D eigenvalue weighted by Crippen LogP contribution is -2.34. The van der Waals surface area contributed by atoms with E-state index in [1.54, 1.807) is 5.56 Å². The third-order valence-electron chi connectivity index (χ3n) is 3.85. The molecule has 0 bridgehead atoms. The van der Waals surface area contributed by atoms with Crippen LogP contribution < -0.4 is 10.2 Å². The van der Waals surface area contributed by atoms with Crippen LogP contribution in [-0.2, 0) is 6.42 Å². The van der Waals surface area contributed by atoms with Crippen LogP contribution in [0.1, 0.15) is 18.4 Å². The average molecular weight is 289 g/mol. The first-order valence-corrected chi connectivity index (χ1v) is 6.47. The van der Waals surface area contributed by atoms with E-state index in [2.05, 4.69) is 34.5 Å². The maximum absolute atomic E-state index is 3.46. The van der Waals surface area contributed by atoms with E-state index < -0.39 is 0 Å². The summed E-state index contributed by atoms with van der Waals surface area (Å²) in [7, 11) is 0. The van der Waals surface area contributed by atoms with Crippen molar-refractivity contribution in [1.29, 1.82) is 0 Å². The van der Waals surface area contributed by atoms with Crippen LogP contribution in [0.25, 0.3) is 0 Å². The quantitative estimate of drug-likeness (QED) is 0.900. The molecule has 0 spiro atoms. The van der Waals surface area contributed by atoms with Crippen molar-refractivity contribution in [3.8, 4) is 0 Å². The van der Waals surface area contributed by atoms with Gasteiger partial charge in [-0.15, -0.1) is 24.8 Å². The summed E-state index contributed by atoms with van der Waals surface area (Å²) < 4.78 is 0. The predicted octanol–water partition coefficient (Wildman–Crippen LogP) is 2.89. The van der Waals surface area contributed by atoms with Crippen LogP contribution in [0.4, 0.5) is 5.69 Å². The second kappa shape index (κ2) is 7.22. The number of hydrogen-bond donors (Lipinski definition) is 1. The summed E-state index contributed by atoms with van der Waals surface area (Å²) in [5.41, 5.74) is 3.03. The molecule has 2 nitrogen and oxygen atoms in total. The first-order chi connectivity index (χ1) is 7.93. The van der Waals surface area contributed by atoms with Crippen molar-refractivity contribution < 1.29 is 0 Å². The van der Waals surface area contributed by atoms with Crippen LogP contribution in [0, 0.1) is 5.92 Å². The van der Waals surface area contributed by atoms with Crippen molar-refractivity contribution >= 4 is 30.5 Å². The summed E-state index contributed by atoms with van der Waals surface area (Å²) >= 11 is 0. The zero-order valence-corrected chi connectivity index (χ0v) is 12.2. The Morgan fingerprint density at radius 2 is 2.06 bits per heavy atom. The smallest absolute Gasteiger partial charge is 0.0398 e. The molecule has 2 heterocycles. The van der Waals surface area contributed by atoms with Crippen molar-refractivity contribution in [3.63, 3.8) is 0 Å². The van der Waals surface area contributed by atoms with E-state index >= 15 is 0 Å². The Balaban J connectivity index is 0.000000810. The standard InChI is InChI=1S/C14H20N2.2ClH/c1-2-6-14-13(4-1)5-3-9-16(14)11-12-7-8-15-10-12;;/h1-2,4,6,12,15H,3,5,7-11H2;2*1H. The summed E-state index contributed by atoms with van der Waals surface area (Å²) in [6, 6.07) is 8.91. The van der Waals surface area contributed by atoms with Gasteiger partial charge in [-0.3, -0.25) is 0 Å². The van der Waals surface area contributed by atoms with Crippen LogP contribution in [0.3, 0.4) is 0 Å². The van der Waals surface area contributed by atoms with E-state index in [1.807, 2.05) is 0 Å². The van der Waals surface area contributed by atoms with Crippen molar-refractivity contribution in [3.05, 3.63) is 29.8 Å². The summed E-state index contributed by atoms with van der Waals surface area (Å²) in [5, 5.41) is 3.46. The second-order valence-corrected chi connectivity index (χ2v) is 5.04. The van der Waals surface area contributed by atoms with Gasteiger partial charge < -0.3 is 10.2 Å². The largest absolute Gasteiger partial charge is 0.371 e. The maximum atomic E-state index is 3.46. The molecule has 4 heteroatoms. The molecule has 1 aromatic rings. The summed E-state index contributed by atoms with van der Waals surface area (Å²) in [6.45, 7) is 4.90. The molecule has 0 radical (unpaired) electrons. The van der Waals surface area contributed by atoms with Crippen molar-refractivity contribution in [1.82, 2.24) is 5.32 Å². The SMILES string of the molecule is Cl.Cl.c1ccc2c(c1)CCCN2CC1CCNC1. The van der Waals surface area contributed by atoms with Crippen LogP contribution in [-0.4, -0.2) is 26.2 Å². The molecule has 0 saturated carbocycles. The average Bonchev–Trinajstić information content (AvgIpc) is 2.82. The molecular weight excluding hydrogens is 267 g/mol. The number of aryl methyl sites for hydroxylation is 1. The van der Waals surface area contributed by atoms with Gasteiger partial charge in [0.25, 0.3) is 0 Å². The monoisotopic (exact) mass is 288 g/mol. The third-order valence-corrected chi connectivity index (χ3v) is 3.85. The van der Waals surface area contributed by atoms with E-state index in [4.69, 9.17) is 0 Å². The first kappa shape index (κ1) is 15.6. The van der Waals surface area contributed by atoms with Gasteiger partial charge >= 0.3 is 0 Å². The van der Waals surface area contributed by atoms with Crippen LogP contribution in [0.5, 0.6) is 0 Å². The highest BCUT2D eigenvalue weighted by molar-refractivity contribution is 5.85. The fourth-order valence-corrected chi connectivity index (χ4v) is 2.98. The fourth-order valence-electron chi connectivity index (χ4n) is 2.98. The molecule has 0 amide bonds. The molecule has 1 atom stereocenters. The Kier molecular flexibility index (Phi) is 6.27. The Morgan fingerprint density at radius 1 is 1.22 bits per heavy atom. The molecule has 3 rings (SSSR count). The predicted molar refractivity (Wildman–Crippen MR) is 82.4 cm³/mol. The highest BCUT2D eigenvalue weighted by Gasteiger charge is 2.21. The van der Waals surface area contributed by atoms with Gasteiger partial charge in [-0.2, -0.15) is 0 Å². The van der Waals surface area contributed by atoms with Gasteiger partial charge in [-0.25, -0.2) is 0 Å². The zero-order chi connectivity index (χ0) is 10.8. The van der Waals surface area contributed by atoms with Crippen molar-refractivity contribution in [2.24, 2.45) is 5.92 Å². The first-order valence-electron chi connectivity index (χ1n) is 6.47. The van der Waals surface area contributed by atoms with E-state index in [0.717, 1.165) is 5.92 Å². The molecule has 1 N–H and O–H groups in total. The summed E-state index contributed by atoms with van der Waals surface area (Å²) in [6.07, 6.45) is 3.92. The molecule has 0 aliphatic carbocycles. The molecule has 1 aromatic carbocycles. The number of nitrogens with one attached hydrogen (secondary N) is 1. The lowest BCUT2D eigenvalue weighted by atomic mass is 10.00. The number of nitrogens with zero attached hydrogens (tertiary/aromatic N) is 1. The third kappa shape index (κ3) is 3.31. The number of para-hydroxylation sites is 1. The minimum Gasteiger partial charge on any atom is -0.371 e. The normalized spacial score (nSPS) is 21.8. The molecule has 1 saturated heterocycles. The topological polar surface area (TPSA) is 15.3 Å². The van der Waals surface area contributed by atoms with Crippen LogP contribution >= 0.6 is 24.8 Å². The van der Waals surface area contributed by atoms with E-state index in [0.29, 0.717) is 0 Å². The summed E-state index contributed by atoms with van der Waals surface area (Å²) in [4.78, 5) is 2.59. The minimum atomic E-state index is 0. The molecule has 18 heavy (non-hydrogen) atoms. The molecule has 2 aliphatic rings. The second-order valence-electron chi connectivity index (χ2n) is 5.04. The molecule has 1 unspecified atom stereocenters. The Morgan fingerprint density at radius 3 is 2.83 bits per heavy atom. The van der Waals surface area contributed by atoms with Gasteiger partial charge in [0.1, 0.15) is 0 Å². The number of anilines is 1.